The van der Waals surface area contributed by atoms with E-state index in [1.807, 2.05) is 61.5 Å². The number of fused-ring (bicyclic) bond motifs is 1. The molecule has 4 aromatic rings. The van der Waals surface area contributed by atoms with Crippen LogP contribution in [0.3, 0.4) is 0 Å². The number of allylic oxidation sites excluding steroid dienone is 1. The Morgan fingerprint density at radius 2 is 1.84 bits per heavy atom. The van der Waals surface area contributed by atoms with Crippen LogP contribution in [0.1, 0.15) is 43.5 Å². The molecule has 2 heterocycles. The summed E-state index contributed by atoms with van der Waals surface area (Å²) in [5.74, 6) is 1.18. The number of rotatable bonds is 10. The molecule has 0 fully saturated rings. The summed E-state index contributed by atoms with van der Waals surface area (Å²) in [4.78, 5) is 32.3. The maximum absolute atomic E-state index is 14.0. The summed E-state index contributed by atoms with van der Waals surface area (Å²) in [7, 11) is 1.55. The number of hydrogen-bond acceptors (Lipinski definition) is 8. The van der Waals surface area contributed by atoms with Crippen molar-refractivity contribution in [1.82, 2.24) is 4.57 Å². The largest absolute Gasteiger partial charge is 0.494 e. The minimum atomic E-state index is -0.718. The summed E-state index contributed by atoms with van der Waals surface area (Å²) in [5, 5.41) is 0.611. The Morgan fingerprint density at radius 1 is 1.09 bits per heavy atom. The molecule has 0 spiro atoms. The molecule has 1 atom stereocenters. The maximum Gasteiger partial charge on any atom is 0.338 e. The van der Waals surface area contributed by atoms with Gasteiger partial charge in [-0.05, 0) is 84.2 Å². The zero-order valence-corrected chi connectivity index (χ0v) is 27.7. The van der Waals surface area contributed by atoms with E-state index in [-0.39, 0.29) is 18.8 Å². The summed E-state index contributed by atoms with van der Waals surface area (Å²) in [6.45, 7) is 6.39. The van der Waals surface area contributed by atoms with E-state index >= 15 is 0 Å². The van der Waals surface area contributed by atoms with Crippen molar-refractivity contribution >= 4 is 50.9 Å². The second-order valence-corrected chi connectivity index (χ2v) is 12.0. The summed E-state index contributed by atoms with van der Waals surface area (Å²) in [5.41, 5.74) is 2.83. The Balaban J connectivity index is 1.57. The maximum atomic E-state index is 14.0. The minimum Gasteiger partial charge on any atom is -0.494 e. The summed E-state index contributed by atoms with van der Waals surface area (Å²) in [6.07, 6.45) is 1.77. The highest BCUT2D eigenvalue weighted by molar-refractivity contribution is 9.10. The molecular weight excluding hydrogens is 668 g/mol. The average Bonchev–Trinajstić information content (AvgIpc) is 3.30. The number of carbonyl (C=O) groups is 1. The number of ether oxygens (including phenoxy) is 4. The highest BCUT2D eigenvalue weighted by Gasteiger charge is 2.33. The van der Waals surface area contributed by atoms with Crippen LogP contribution in [0.15, 0.2) is 86.2 Å². The lowest BCUT2D eigenvalue weighted by Crippen LogP contribution is -2.39. The third kappa shape index (κ3) is 6.47. The van der Waals surface area contributed by atoms with Crippen molar-refractivity contribution in [2.75, 3.05) is 20.3 Å². The highest BCUT2D eigenvalue weighted by atomic mass is 79.9. The Bertz CT molecular complexity index is 1920. The van der Waals surface area contributed by atoms with Crippen LogP contribution in [0.4, 0.5) is 0 Å². The highest BCUT2D eigenvalue weighted by Crippen LogP contribution is 2.38. The van der Waals surface area contributed by atoms with Gasteiger partial charge in [-0.15, -0.1) is 0 Å². The molecule has 228 valence electrons. The number of carbonyl (C=O) groups excluding carboxylic acids is 1. The van der Waals surface area contributed by atoms with Crippen LogP contribution < -0.4 is 29.1 Å². The zero-order chi connectivity index (χ0) is 31.4. The second-order valence-electron chi connectivity index (χ2n) is 9.72. The first kappa shape index (κ1) is 31.6. The molecule has 44 heavy (non-hydrogen) atoms. The van der Waals surface area contributed by atoms with E-state index in [1.54, 1.807) is 37.7 Å². The molecule has 1 aliphatic rings. The number of hydrogen-bond donors (Lipinski definition) is 0. The van der Waals surface area contributed by atoms with Crippen molar-refractivity contribution in [3.05, 3.63) is 118 Å². The van der Waals surface area contributed by atoms with E-state index in [4.69, 9.17) is 30.5 Å². The van der Waals surface area contributed by atoms with Crippen LogP contribution in [0, 0.1) is 0 Å². The van der Waals surface area contributed by atoms with Gasteiger partial charge in [-0.25, -0.2) is 9.79 Å². The van der Waals surface area contributed by atoms with Gasteiger partial charge in [0.2, 0.25) is 0 Å². The van der Waals surface area contributed by atoms with Crippen LogP contribution in [0.25, 0.3) is 6.08 Å². The normalized spacial score (nSPS) is 14.6. The first-order valence-corrected chi connectivity index (χ1v) is 15.9. The summed E-state index contributed by atoms with van der Waals surface area (Å²) < 4.78 is 25.3. The molecule has 0 saturated carbocycles. The van der Waals surface area contributed by atoms with Crippen LogP contribution in [-0.4, -0.2) is 30.9 Å². The lowest BCUT2D eigenvalue weighted by atomic mass is 9.96. The fraction of sp³-hybridized carbons (Fsp3) is 0.242. The number of thiazole rings is 1. The predicted molar refractivity (Wildman–Crippen MR) is 174 cm³/mol. The molecule has 8 nitrogen and oxygen atoms in total. The van der Waals surface area contributed by atoms with E-state index in [0.717, 1.165) is 11.1 Å². The fourth-order valence-corrected chi connectivity index (χ4v) is 6.71. The molecule has 3 aromatic carbocycles. The van der Waals surface area contributed by atoms with Gasteiger partial charge in [0.05, 0.1) is 46.6 Å². The van der Waals surface area contributed by atoms with Crippen molar-refractivity contribution in [1.29, 1.82) is 0 Å². The monoisotopic (exact) mass is 696 g/mol. The molecule has 0 N–H and O–H groups in total. The number of aromatic nitrogens is 1. The van der Waals surface area contributed by atoms with E-state index in [9.17, 15) is 9.59 Å². The molecule has 1 aliphatic heterocycles. The van der Waals surface area contributed by atoms with Crippen molar-refractivity contribution in [3.63, 3.8) is 0 Å². The lowest BCUT2D eigenvalue weighted by Gasteiger charge is -2.24. The van der Waals surface area contributed by atoms with Gasteiger partial charge in [0.15, 0.2) is 16.3 Å². The Labute approximate surface area is 272 Å². The molecule has 0 bridgehead atoms. The predicted octanol–water partition coefficient (Wildman–Crippen LogP) is 6.20. The molecule has 5 rings (SSSR count). The van der Waals surface area contributed by atoms with Gasteiger partial charge in [-0.1, -0.05) is 53.3 Å². The van der Waals surface area contributed by atoms with Crippen molar-refractivity contribution in [3.8, 4) is 17.2 Å². The second kappa shape index (κ2) is 13.8. The van der Waals surface area contributed by atoms with Gasteiger partial charge in [0, 0.05) is 10.6 Å². The Morgan fingerprint density at radius 3 is 2.52 bits per heavy atom. The molecule has 0 saturated heterocycles. The number of esters is 1. The van der Waals surface area contributed by atoms with E-state index in [2.05, 4.69) is 20.9 Å². The van der Waals surface area contributed by atoms with Gasteiger partial charge in [0.1, 0.15) is 12.4 Å². The van der Waals surface area contributed by atoms with E-state index < -0.39 is 12.0 Å². The zero-order valence-electron chi connectivity index (χ0n) is 24.6. The number of methoxy groups -OCH3 is 1. The SMILES string of the molecule is CCOC(=O)C1=C(C)N=c2s/c(=C\c3cc(Br)c(OCc4ccccc4Cl)c(OC)c3)c(=O)n2[C@@H]1c1ccc(OCC)cc1. The van der Waals surface area contributed by atoms with Gasteiger partial charge < -0.3 is 18.9 Å². The van der Waals surface area contributed by atoms with E-state index in [1.165, 1.54) is 11.3 Å². The summed E-state index contributed by atoms with van der Waals surface area (Å²) >= 11 is 11.1. The lowest BCUT2D eigenvalue weighted by molar-refractivity contribution is -0.139. The van der Waals surface area contributed by atoms with Crippen LogP contribution in [0.2, 0.25) is 5.02 Å². The smallest absolute Gasteiger partial charge is 0.338 e. The molecule has 0 amide bonds. The van der Waals surface area contributed by atoms with Crippen LogP contribution in [0.5, 0.6) is 17.2 Å². The standard InChI is InChI=1S/C33H30BrClN2O6S/c1-5-41-23-13-11-21(12-14-23)29-28(32(39)42-6-2)19(3)36-33-37(29)31(38)27(44-33)17-20-15-24(34)30(26(16-20)40-4)43-18-22-9-7-8-10-25(22)35/h7-17,29H,5-6,18H2,1-4H3/b27-17-/t29-/m1/s1. The topological polar surface area (TPSA) is 88.4 Å². The number of halogens is 2. The first-order chi connectivity index (χ1) is 21.2. The van der Waals surface area contributed by atoms with Crippen LogP contribution in [-0.2, 0) is 16.1 Å². The molecule has 1 aromatic heterocycles. The Kier molecular flexibility index (Phi) is 9.93. The van der Waals surface area contributed by atoms with Gasteiger partial charge in [-0.2, -0.15) is 0 Å². The quantitative estimate of drug-likeness (QED) is 0.184. The van der Waals surface area contributed by atoms with Gasteiger partial charge in [-0.3, -0.25) is 9.36 Å². The molecule has 0 unspecified atom stereocenters. The van der Waals surface area contributed by atoms with Crippen molar-refractivity contribution in [2.45, 2.75) is 33.4 Å². The molecule has 0 aliphatic carbocycles. The molecular formula is C33H30BrClN2O6S. The minimum absolute atomic E-state index is 0.199. The van der Waals surface area contributed by atoms with Gasteiger partial charge in [0.25, 0.3) is 5.56 Å². The van der Waals surface area contributed by atoms with E-state index in [0.29, 0.717) is 59.5 Å². The van der Waals surface area contributed by atoms with Crippen molar-refractivity contribution < 1.29 is 23.7 Å². The summed E-state index contributed by atoms with van der Waals surface area (Å²) in [6, 6.07) is 17.8. The number of benzene rings is 3. The number of nitrogens with zero attached hydrogens (tertiary/aromatic N) is 2. The van der Waals surface area contributed by atoms with Gasteiger partial charge >= 0.3 is 5.97 Å². The average molecular weight is 698 g/mol. The Hall–Kier alpha value is -3.86. The van der Waals surface area contributed by atoms with Crippen molar-refractivity contribution in [2.24, 2.45) is 4.99 Å². The molecule has 0 radical (unpaired) electrons. The molecule has 11 heteroatoms. The van der Waals surface area contributed by atoms with Crippen LogP contribution >= 0.6 is 38.9 Å². The first-order valence-electron chi connectivity index (χ1n) is 13.9. The fourth-order valence-electron chi connectivity index (χ4n) is 4.90. The third-order valence-corrected chi connectivity index (χ3v) is 8.84. The third-order valence-electron chi connectivity index (χ3n) is 6.90.